The Balaban J connectivity index is 1.76. The molecule has 0 unspecified atom stereocenters. The molecule has 0 saturated carbocycles. The van der Waals surface area contributed by atoms with Crippen LogP contribution in [0.5, 0.6) is 5.75 Å². The average Bonchev–Trinajstić information content (AvgIpc) is 2.72. The number of rotatable bonds is 9. The Morgan fingerprint density at radius 3 is 2.32 bits per heavy atom. The van der Waals surface area contributed by atoms with Crippen LogP contribution in [0.15, 0.2) is 42.5 Å². The van der Waals surface area contributed by atoms with Crippen LogP contribution < -0.4 is 10.1 Å². The molecular formula is C25H36N2O. The maximum atomic E-state index is 6.21. The van der Waals surface area contributed by atoms with Gasteiger partial charge in [-0.1, -0.05) is 68.7 Å². The number of hydrogen-bond acceptors (Lipinski definition) is 3. The largest absolute Gasteiger partial charge is 0.488 e. The van der Waals surface area contributed by atoms with E-state index in [9.17, 15) is 0 Å². The lowest BCUT2D eigenvalue weighted by molar-refractivity contribution is 0.162. The molecule has 0 aromatic heterocycles. The fourth-order valence-corrected chi connectivity index (χ4v) is 4.28. The van der Waals surface area contributed by atoms with Crippen molar-refractivity contribution in [2.24, 2.45) is 0 Å². The molecule has 0 spiro atoms. The van der Waals surface area contributed by atoms with Crippen molar-refractivity contribution in [1.29, 1.82) is 0 Å². The molecule has 3 rings (SSSR count). The van der Waals surface area contributed by atoms with Crippen molar-refractivity contribution < 1.29 is 4.74 Å². The minimum absolute atomic E-state index is 0.522. The van der Waals surface area contributed by atoms with Gasteiger partial charge in [0.25, 0.3) is 0 Å². The number of nitrogens with one attached hydrogen (secondary N) is 1. The van der Waals surface area contributed by atoms with Crippen molar-refractivity contribution in [1.82, 2.24) is 10.2 Å². The second-order valence-corrected chi connectivity index (χ2v) is 8.06. The molecule has 1 aliphatic heterocycles. The van der Waals surface area contributed by atoms with E-state index in [1.165, 1.54) is 47.9 Å². The van der Waals surface area contributed by atoms with Gasteiger partial charge in [-0.2, -0.15) is 0 Å². The Morgan fingerprint density at radius 1 is 1.00 bits per heavy atom. The molecule has 0 radical (unpaired) electrons. The Hall–Kier alpha value is -1.84. The molecule has 152 valence electrons. The minimum atomic E-state index is 0.522. The first-order valence-electron chi connectivity index (χ1n) is 10.9. The molecule has 0 amide bonds. The number of piperazine rings is 1. The molecule has 1 atom stereocenters. The van der Waals surface area contributed by atoms with Crippen molar-refractivity contribution >= 4 is 0 Å². The van der Waals surface area contributed by atoms with Gasteiger partial charge in [0.05, 0.1) is 0 Å². The molecule has 3 heteroatoms. The van der Waals surface area contributed by atoms with Crippen LogP contribution >= 0.6 is 0 Å². The fraction of sp³-hybridized carbons (Fsp3) is 0.520. The number of unbranched alkanes of at least 4 members (excludes halogenated alkanes) is 2. The molecule has 0 bridgehead atoms. The van der Waals surface area contributed by atoms with Crippen LogP contribution in [0.1, 0.15) is 60.9 Å². The zero-order valence-corrected chi connectivity index (χ0v) is 17.8. The average molecular weight is 381 g/mol. The first-order valence-corrected chi connectivity index (χ1v) is 10.9. The second kappa shape index (κ2) is 10.6. The SMILES string of the molecule is CCCCC[C@@H](c1cc(C)c(OCc2ccccc2)c(C)c1)N1CCNCC1. The van der Waals surface area contributed by atoms with E-state index in [0.717, 1.165) is 31.9 Å². The highest BCUT2D eigenvalue weighted by atomic mass is 16.5. The van der Waals surface area contributed by atoms with E-state index in [4.69, 9.17) is 4.74 Å². The quantitative estimate of drug-likeness (QED) is 0.589. The third-order valence-electron chi connectivity index (χ3n) is 5.77. The Labute approximate surface area is 171 Å². The normalized spacial score (nSPS) is 16.1. The van der Waals surface area contributed by atoms with Gasteiger partial charge in [0, 0.05) is 32.2 Å². The van der Waals surface area contributed by atoms with E-state index in [2.05, 4.69) is 67.4 Å². The maximum absolute atomic E-state index is 6.21. The van der Waals surface area contributed by atoms with Crippen LogP contribution in [0.25, 0.3) is 0 Å². The van der Waals surface area contributed by atoms with E-state index >= 15 is 0 Å². The van der Waals surface area contributed by atoms with E-state index in [1.807, 2.05) is 6.07 Å². The Kier molecular flexibility index (Phi) is 7.93. The highest BCUT2D eigenvalue weighted by molar-refractivity contribution is 5.44. The van der Waals surface area contributed by atoms with Gasteiger partial charge in [0.1, 0.15) is 12.4 Å². The summed E-state index contributed by atoms with van der Waals surface area (Å²) in [5.41, 5.74) is 5.17. The van der Waals surface area contributed by atoms with Crippen molar-refractivity contribution in [3.8, 4) is 5.75 Å². The van der Waals surface area contributed by atoms with Gasteiger partial charge in [-0.25, -0.2) is 0 Å². The van der Waals surface area contributed by atoms with E-state index in [0.29, 0.717) is 12.6 Å². The van der Waals surface area contributed by atoms with Crippen LogP contribution in [0.2, 0.25) is 0 Å². The molecule has 1 saturated heterocycles. The lowest BCUT2D eigenvalue weighted by Crippen LogP contribution is -2.45. The molecule has 1 fully saturated rings. The molecule has 2 aromatic rings. The maximum Gasteiger partial charge on any atom is 0.125 e. The molecule has 28 heavy (non-hydrogen) atoms. The van der Waals surface area contributed by atoms with Crippen LogP contribution in [-0.2, 0) is 6.61 Å². The zero-order chi connectivity index (χ0) is 19.8. The van der Waals surface area contributed by atoms with Crippen molar-refractivity contribution in [2.45, 2.75) is 59.1 Å². The van der Waals surface area contributed by atoms with Gasteiger partial charge in [-0.3, -0.25) is 4.90 Å². The van der Waals surface area contributed by atoms with Gasteiger partial charge in [0.2, 0.25) is 0 Å². The molecular weight excluding hydrogens is 344 g/mol. The first-order chi connectivity index (χ1) is 13.7. The highest BCUT2D eigenvalue weighted by Crippen LogP contribution is 2.33. The van der Waals surface area contributed by atoms with Crippen molar-refractivity contribution in [3.63, 3.8) is 0 Å². The monoisotopic (exact) mass is 380 g/mol. The minimum Gasteiger partial charge on any atom is -0.488 e. The lowest BCUT2D eigenvalue weighted by atomic mass is 9.94. The molecule has 1 aliphatic rings. The highest BCUT2D eigenvalue weighted by Gasteiger charge is 2.23. The summed E-state index contributed by atoms with van der Waals surface area (Å²) < 4.78 is 6.21. The number of ether oxygens (including phenoxy) is 1. The molecule has 1 N–H and O–H groups in total. The molecule has 3 nitrogen and oxygen atoms in total. The first kappa shape index (κ1) is 20.9. The van der Waals surface area contributed by atoms with E-state index in [1.54, 1.807) is 0 Å². The second-order valence-electron chi connectivity index (χ2n) is 8.06. The van der Waals surface area contributed by atoms with Gasteiger partial charge < -0.3 is 10.1 Å². The number of nitrogens with zero attached hydrogens (tertiary/aromatic N) is 1. The van der Waals surface area contributed by atoms with E-state index < -0.39 is 0 Å². The van der Waals surface area contributed by atoms with Gasteiger partial charge >= 0.3 is 0 Å². The zero-order valence-electron chi connectivity index (χ0n) is 17.8. The fourth-order valence-electron chi connectivity index (χ4n) is 4.28. The third kappa shape index (κ3) is 5.59. The van der Waals surface area contributed by atoms with Gasteiger partial charge in [-0.15, -0.1) is 0 Å². The van der Waals surface area contributed by atoms with Gasteiger partial charge in [-0.05, 0) is 42.5 Å². The molecule has 2 aromatic carbocycles. The topological polar surface area (TPSA) is 24.5 Å². The predicted octanol–water partition coefficient (Wildman–Crippen LogP) is 5.41. The summed E-state index contributed by atoms with van der Waals surface area (Å²) in [5.74, 6) is 1.04. The van der Waals surface area contributed by atoms with Crippen molar-refractivity contribution in [3.05, 3.63) is 64.7 Å². The van der Waals surface area contributed by atoms with Crippen LogP contribution in [0.3, 0.4) is 0 Å². The van der Waals surface area contributed by atoms with Crippen LogP contribution in [0, 0.1) is 13.8 Å². The van der Waals surface area contributed by atoms with Crippen LogP contribution in [0.4, 0.5) is 0 Å². The molecule has 1 heterocycles. The van der Waals surface area contributed by atoms with Crippen molar-refractivity contribution in [2.75, 3.05) is 26.2 Å². The Morgan fingerprint density at radius 2 is 1.68 bits per heavy atom. The summed E-state index contributed by atoms with van der Waals surface area (Å²) in [7, 11) is 0. The summed E-state index contributed by atoms with van der Waals surface area (Å²) in [5, 5.41) is 3.49. The third-order valence-corrected chi connectivity index (χ3v) is 5.77. The number of aryl methyl sites for hydroxylation is 2. The predicted molar refractivity (Wildman–Crippen MR) is 118 cm³/mol. The summed E-state index contributed by atoms with van der Waals surface area (Å²) >= 11 is 0. The summed E-state index contributed by atoms with van der Waals surface area (Å²) in [6.07, 6.45) is 5.14. The number of hydrogen-bond donors (Lipinski definition) is 1. The van der Waals surface area contributed by atoms with Crippen LogP contribution in [-0.4, -0.2) is 31.1 Å². The van der Waals surface area contributed by atoms with E-state index in [-0.39, 0.29) is 0 Å². The van der Waals surface area contributed by atoms with Gasteiger partial charge in [0.15, 0.2) is 0 Å². The Bertz CT molecular complexity index is 700. The summed E-state index contributed by atoms with van der Waals surface area (Å²) in [6.45, 7) is 11.8. The smallest absolute Gasteiger partial charge is 0.125 e. The number of benzene rings is 2. The standard InChI is InChI=1S/C25H36N2O/c1-4-5-7-12-24(27-15-13-26-14-16-27)23-17-20(2)25(21(3)18-23)28-19-22-10-8-6-9-11-22/h6,8-11,17-18,24,26H,4-5,7,12-16,19H2,1-3H3/t24-/m0/s1. The summed E-state index contributed by atoms with van der Waals surface area (Å²) in [6, 6.07) is 15.7. The summed E-state index contributed by atoms with van der Waals surface area (Å²) in [4.78, 5) is 2.67. The lowest BCUT2D eigenvalue weighted by Gasteiger charge is -2.36. The molecule has 0 aliphatic carbocycles.